The highest BCUT2D eigenvalue weighted by Crippen LogP contribution is 2.35. The van der Waals surface area contributed by atoms with Gasteiger partial charge in [0.2, 0.25) is 0 Å². The molecular formula is C15H20FNO. The van der Waals surface area contributed by atoms with Gasteiger partial charge >= 0.3 is 0 Å². The summed E-state index contributed by atoms with van der Waals surface area (Å²) in [6.07, 6.45) is 3.16. The van der Waals surface area contributed by atoms with E-state index in [1.807, 2.05) is 19.1 Å². The molecule has 1 aromatic carbocycles. The summed E-state index contributed by atoms with van der Waals surface area (Å²) in [6.45, 7) is 5.90. The van der Waals surface area contributed by atoms with E-state index in [0.29, 0.717) is 0 Å². The number of nitrogens with zero attached hydrogens (tertiary/aromatic N) is 1. The van der Waals surface area contributed by atoms with E-state index < -0.39 is 0 Å². The second-order valence-electron chi connectivity index (χ2n) is 5.56. The first-order valence-corrected chi connectivity index (χ1v) is 6.84. The number of ether oxygens (including phenoxy) is 1. The van der Waals surface area contributed by atoms with Crippen molar-refractivity contribution in [2.75, 3.05) is 19.7 Å². The zero-order chi connectivity index (χ0) is 12.6. The van der Waals surface area contributed by atoms with Gasteiger partial charge in [0.05, 0.1) is 5.60 Å². The Bertz CT molecular complexity index is 432. The first-order chi connectivity index (χ1) is 8.71. The number of aryl methyl sites for hydroxylation is 1. The Morgan fingerprint density at radius 2 is 2.22 bits per heavy atom. The van der Waals surface area contributed by atoms with Crippen LogP contribution >= 0.6 is 0 Å². The summed E-state index contributed by atoms with van der Waals surface area (Å²) in [5.74, 6) is -0.0829. The molecule has 0 N–H and O–H groups in total. The average Bonchev–Trinajstić information content (AvgIpc) is 2.80. The summed E-state index contributed by atoms with van der Waals surface area (Å²) in [5.41, 5.74) is 2.19. The predicted octanol–water partition coefficient (Wildman–Crippen LogP) is 2.75. The predicted molar refractivity (Wildman–Crippen MR) is 69.0 cm³/mol. The van der Waals surface area contributed by atoms with Gasteiger partial charge in [0, 0.05) is 26.2 Å². The smallest absolute Gasteiger partial charge is 0.126 e. The van der Waals surface area contributed by atoms with Crippen molar-refractivity contribution in [2.45, 2.75) is 38.3 Å². The summed E-state index contributed by atoms with van der Waals surface area (Å²) in [6, 6.07) is 5.49. The van der Waals surface area contributed by atoms with Crippen molar-refractivity contribution in [3.63, 3.8) is 0 Å². The quantitative estimate of drug-likeness (QED) is 0.816. The largest absolute Gasteiger partial charge is 0.372 e. The molecular weight excluding hydrogens is 229 g/mol. The molecule has 2 nitrogen and oxygen atoms in total. The number of benzene rings is 1. The van der Waals surface area contributed by atoms with E-state index >= 15 is 0 Å². The van der Waals surface area contributed by atoms with Gasteiger partial charge in [-0.05, 0) is 36.5 Å². The van der Waals surface area contributed by atoms with Crippen LogP contribution in [0.1, 0.15) is 30.9 Å². The Hall–Kier alpha value is -0.930. The van der Waals surface area contributed by atoms with E-state index in [1.54, 1.807) is 6.07 Å². The number of likely N-dealkylation sites (tertiary alicyclic amines) is 1. The van der Waals surface area contributed by atoms with E-state index in [0.717, 1.165) is 38.2 Å². The number of hydrogen-bond donors (Lipinski definition) is 0. The summed E-state index contributed by atoms with van der Waals surface area (Å²) < 4.78 is 19.2. The highest BCUT2D eigenvalue weighted by Gasteiger charge is 2.45. The van der Waals surface area contributed by atoms with E-state index in [1.165, 1.54) is 18.4 Å². The molecule has 0 aliphatic carbocycles. The lowest BCUT2D eigenvalue weighted by molar-refractivity contribution is -0.114. The molecule has 3 heteroatoms. The molecule has 1 spiro atoms. The Kier molecular flexibility index (Phi) is 3.12. The average molecular weight is 249 g/mol. The highest BCUT2D eigenvalue weighted by molar-refractivity contribution is 5.25. The Labute approximate surface area is 108 Å². The molecule has 0 bridgehead atoms. The van der Waals surface area contributed by atoms with Crippen molar-refractivity contribution in [3.05, 3.63) is 35.1 Å². The first kappa shape index (κ1) is 12.1. The molecule has 0 radical (unpaired) electrons. The van der Waals surface area contributed by atoms with Gasteiger partial charge in [0.25, 0.3) is 0 Å². The van der Waals surface area contributed by atoms with Crippen molar-refractivity contribution in [1.29, 1.82) is 0 Å². The van der Waals surface area contributed by atoms with Gasteiger partial charge in [0.1, 0.15) is 5.82 Å². The monoisotopic (exact) mass is 249 g/mol. The van der Waals surface area contributed by atoms with Gasteiger partial charge in [-0.15, -0.1) is 0 Å². The third kappa shape index (κ3) is 2.17. The summed E-state index contributed by atoms with van der Waals surface area (Å²) in [7, 11) is 0. The van der Waals surface area contributed by atoms with Crippen LogP contribution in [-0.2, 0) is 17.7 Å². The van der Waals surface area contributed by atoms with E-state index in [9.17, 15) is 4.39 Å². The van der Waals surface area contributed by atoms with Gasteiger partial charge in [-0.25, -0.2) is 4.39 Å². The summed E-state index contributed by atoms with van der Waals surface area (Å²) in [5, 5.41) is 0. The molecule has 2 aliphatic heterocycles. The standard InChI is InChI=1S/C15H20FNO/c1-2-13-8-12(4-5-14(13)16)9-17-10-15(11-17)6-3-7-18-15/h4-5,8H,2-3,6-7,9-11H2,1H3. The third-order valence-corrected chi connectivity index (χ3v) is 4.11. The fourth-order valence-electron chi connectivity index (χ4n) is 3.14. The zero-order valence-corrected chi connectivity index (χ0v) is 10.9. The molecule has 2 heterocycles. The Balaban J connectivity index is 1.61. The SMILES string of the molecule is CCc1cc(CN2CC3(CCCO3)C2)ccc1F. The molecule has 0 aromatic heterocycles. The van der Waals surface area contributed by atoms with Crippen molar-refractivity contribution in [1.82, 2.24) is 4.90 Å². The minimum atomic E-state index is -0.0829. The Morgan fingerprint density at radius 3 is 2.89 bits per heavy atom. The van der Waals surface area contributed by atoms with Gasteiger partial charge in [-0.1, -0.05) is 19.1 Å². The molecule has 0 atom stereocenters. The maximum absolute atomic E-state index is 13.4. The van der Waals surface area contributed by atoms with E-state index in [4.69, 9.17) is 4.74 Å². The van der Waals surface area contributed by atoms with Crippen molar-refractivity contribution < 1.29 is 9.13 Å². The van der Waals surface area contributed by atoms with E-state index in [-0.39, 0.29) is 11.4 Å². The van der Waals surface area contributed by atoms with Crippen LogP contribution in [0.4, 0.5) is 4.39 Å². The second-order valence-corrected chi connectivity index (χ2v) is 5.56. The lowest BCUT2D eigenvalue weighted by Gasteiger charge is -2.47. The molecule has 98 valence electrons. The van der Waals surface area contributed by atoms with Crippen LogP contribution in [0.25, 0.3) is 0 Å². The van der Waals surface area contributed by atoms with Crippen LogP contribution in [0.2, 0.25) is 0 Å². The van der Waals surface area contributed by atoms with E-state index in [2.05, 4.69) is 4.90 Å². The van der Waals surface area contributed by atoms with Crippen LogP contribution < -0.4 is 0 Å². The van der Waals surface area contributed by atoms with Gasteiger partial charge in [-0.3, -0.25) is 4.90 Å². The molecule has 2 fully saturated rings. The minimum Gasteiger partial charge on any atom is -0.372 e. The Morgan fingerprint density at radius 1 is 1.39 bits per heavy atom. The minimum absolute atomic E-state index is 0.0829. The third-order valence-electron chi connectivity index (χ3n) is 4.11. The second kappa shape index (κ2) is 4.63. The van der Waals surface area contributed by atoms with Crippen LogP contribution in [0, 0.1) is 5.82 Å². The lowest BCUT2D eigenvalue weighted by Crippen LogP contribution is -2.60. The topological polar surface area (TPSA) is 12.5 Å². The maximum Gasteiger partial charge on any atom is 0.126 e. The fourth-order valence-corrected chi connectivity index (χ4v) is 3.14. The molecule has 2 saturated heterocycles. The fraction of sp³-hybridized carbons (Fsp3) is 0.600. The summed E-state index contributed by atoms with van der Waals surface area (Å²) >= 11 is 0. The van der Waals surface area contributed by atoms with Crippen LogP contribution in [0.3, 0.4) is 0 Å². The normalized spacial score (nSPS) is 22.3. The molecule has 0 unspecified atom stereocenters. The number of hydrogen-bond acceptors (Lipinski definition) is 2. The van der Waals surface area contributed by atoms with Crippen LogP contribution in [0.15, 0.2) is 18.2 Å². The van der Waals surface area contributed by atoms with Crippen molar-refractivity contribution in [2.24, 2.45) is 0 Å². The van der Waals surface area contributed by atoms with Crippen LogP contribution in [-0.4, -0.2) is 30.2 Å². The molecule has 0 amide bonds. The molecule has 3 rings (SSSR count). The number of rotatable bonds is 3. The van der Waals surface area contributed by atoms with Crippen molar-refractivity contribution >= 4 is 0 Å². The van der Waals surface area contributed by atoms with Gasteiger partial charge in [0.15, 0.2) is 0 Å². The van der Waals surface area contributed by atoms with Crippen LogP contribution in [0.5, 0.6) is 0 Å². The number of halogens is 1. The molecule has 18 heavy (non-hydrogen) atoms. The molecule has 0 saturated carbocycles. The summed E-state index contributed by atoms with van der Waals surface area (Å²) in [4.78, 5) is 2.39. The lowest BCUT2D eigenvalue weighted by atomic mass is 9.90. The maximum atomic E-state index is 13.4. The van der Waals surface area contributed by atoms with Gasteiger partial charge in [-0.2, -0.15) is 0 Å². The van der Waals surface area contributed by atoms with Gasteiger partial charge < -0.3 is 4.74 Å². The first-order valence-electron chi connectivity index (χ1n) is 6.84. The molecule has 1 aromatic rings. The zero-order valence-electron chi connectivity index (χ0n) is 10.9. The molecule has 2 aliphatic rings. The van der Waals surface area contributed by atoms with Crippen molar-refractivity contribution in [3.8, 4) is 0 Å². The highest BCUT2D eigenvalue weighted by atomic mass is 19.1.